The van der Waals surface area contributed by atoms with Crippen LogP contribution in [0, 0.1) is 18.8 Å². The number of aliphatic hydroxyl groups excluding tert-OH is 1. The molecule has 2 aromatic rings. The van der Waals surface area contributed by atoms with Gasteiger partial charge in [0.05, 0.1) is 6.10 Å². The summed E-state index contributed by atoms with van der Waals surface area (Å²) in [6, 6.07) is 11.9. The third-order valence-electron chi connectivity index (χ3n) is 7.54. The first-order chi connectivity index (χ1) is 15.0. The standard InChI is InChI=1S/C25H33N3O3/c1-17-6-7-24(31-17)18-4-3-5-19(12-18)25(30)28-15-20-13-22(23(29)14-21(20)16-28)27-10-8-26(2)9-11-27/h3-7,12,20-23,29H,8-11,13-16H2,1-2H3/t20-,21+,22-,23-/m1/s1. The van der Waals surface area contributed by atoms with Gasteiger partial charge >= 0.3 is 0 Å². The van der Waals surface area contributed by atoms with E-state index in [2.05, 4.69) is 16.8 Å². The quantitative estimate of drug-likeness (QED) is 0.823. The SMILES string of the molecule is Cc1ccc(-c2cccc(C(=O)N3C[C@H]4C[C@@H](N5CCN(C)CC5)[C@H](O)C[C@H]4C3)c2)o1. The van der Waals surface area contributed by atoms with Crippen LogP contribution in [0.3, 0.4) is 0 Å². The number of hydrogen-bond donors (Lipinski definition) is 1. The molecule has 3 heterocycles. The Hall–Kier alpha value is -2.15. The van der Waals surface area contributed by atoms with Crippen LogP contribution in [0.4, 0.5) is 0 Å². The van der Waals surface area contributed by atoms with E-state index in [-0.39, 0.29) is 18.1 Å². The number of nitrogens with zero attached hydrogens (tertiary/aromatic N) is 3. The molecule has 4 atom stereocenters. The normalized spacial score (nSPS) is 29.8. The lowest BCUT2D eigenvalue weighted by Crippen LogP contribution is -2.55. The Kier molecular flexibility index (Phi) is 5.63. The highest BCUT2D eigenvalue weighted by Crippen LogP contribution is 2.39. The van der Waals surface area contributed by atoms with E-state index in [9.17, 15) is 9.90 Å². The van der Waals surface area contributed by atoms with Crippen molar-refractivity contribution in [2.24, 2.45) is 11.8 Å². The topological polar surface area (TPSA) is 60.2 Å². The maximum Gasteiger partial charge on any atom is 0.253 e. The maximum atomic E-state index is 13.3. The van der Waals surface area contributed by atoms with Crippen LogP contribution in [-0.2, 0) is 0 Å². The van der Waals surface area contributed by atoms with E-state index in [4.69, 9.17) is 4.42 Å². The zero-order valence-corrected chi connectivity index (χ0v) is 18.5. The van der Waals surface area contributed by atoms with Crippen molar-refractivity contribution in [1.29, 1.82) is 0 Å². The minimum Gasteiger partial charge on any atom is -0.461 e. The van der Waals surface area contributed by atoms with Crippen LogP contribution < -0.4 is 0 Å². The highest BCUT2D eigenvalue weighted by molar-refractivity contribution is 5.95. The maximum absolute atomic E-state index is 13.3. The Morgan fingerprint density at radius 3 is 2.48 bits per heavy atom. The Morgan fingerprint density at radius 1 is 1.03 bits per heavy atom. The summed E-state index contributed by atoms with van der Waals surface area (Å²) in [5, 5.41) is 10.9. The van der Waals surface area contributed by atoms with Gasteiger partial charge in [0.25, 0.3) is 5.91 Å². The molecule has 31 heavy (non-hydrogen) atoms. The molecule has 3 aliphatic rings. The smallest absolute Gasteiger partial charge is 0.253 e. The molecule has 166 valence electrons. The number of carbonyl (C=O) groups is 1. The number of aliphatic hydroxyl groups is 1. The number of aryl methyl sites for hydroxylation is 1. The predicted octanol–water partition coefficient (Wildman–Crippen LogP) is 2.71. The number of piperazine rings is 1. The van der Waals surface area contributed by atoms with Crippen molar-refractivity contribution in [3.05, 3.63) is 47.7 Å². The van der Waals surface area contributed by atoms with Crippen LogP contribution in [0.25, 0.3) is 11.3 Å². The minimum absolute atomic E-state index is 0.0881. The first-order valence-electron chi connectivity index (χ1n) is 11.5. The summed E-state index contributed by atoms with van der Waals surface area (Å²) in [6.07, 6.45) is 1.51. The second-order valence-electron chi connectivity index (χ2n) is 9.67. The van der Waals surface area contributed by atoms with Crippen LogP contribution in [0.5, 0.6) is 0 Å². The van der Waals surface area contributed by atoms with Crippen LogP contribution in [0.2, 0.25) is 0 Å². The summed E-state index contributed by atoms with van der Waals surface area (Å²) < 4.78 is 5.73. The molecule has 0 unspecified atom stereocenters. The fourth-order valence-corrected chi connectivity index (χ4v) is 5.70. The summed E-state index contributed by atoms with van der Waals surface area (Å²) in [6.45, 7) is 7.65. The third kappa shape index (κ3) is 4.16. The molecule has 1 aliphatic carbocycles. The Labute approximate surface area is 184 Å². The highest BCUT2D eigenvalue weighted by atomic mass is 16.3. The summed E-state index contributed by atoms with van der Waals surface area (Å²) >= 11 is 0. The lowest BCUT2D eigenvalue weighted by Gasteiger charge is -2.44. The highest BCUT2D eigenvalue weighted by Gasteiger charge is 2.45. The fraction of sp³-hybridized carbons (Fsp3) is 0.560. The number of furan rings is 1. The second kappa shape index (κ2) is 8.41. The molecule has 1 N–H and O–H groups in total. The van der Waals surface area contributed by atoms with Gasteiger partial charge in [-0.15, -0.1) is 0 Å². The van der Waals surface area contributed by atoms with E-state index in [0.717, 1.165) is 69.2 Å². The lowest BCUT2D eigenvalue weighted by molar-refractivity contribution is -0.0249. The number of hydrogen-bond acceptors (Lipinski definition) is 5. The van der Waals surface area contributed by atoms with Gasteiger partial charge in [-0.05, 0) is 62.9 Å². The van der Waals surface area contributed by atoms with Crippen molar-refractivity contribution in [2.45, 2.75) is 31.9 Å². The second-order valence-corrected chi connectivity index (χ2v) is 9.67. The van der Waals surface area contributed by atoms with Crippen molar-refractivity contribution in [3.8, 4) is 11.3 Å². The molecule has 1 aromatic heterocycles. The molecule has 3 fully saturated rings. The Balaban J connectivity index is 1.27. The summed E-state index contributed by atoms with van der Waals surface area (Å²) in [7, 11) is 2.16. The van der Waals surface area contributed by atoms with Crippen molar-refractivity contribution < 1.29 is 14.3 Å². The minimum atomic E-state index is -0.287. The van der Waals surface area contributed by atoms with E-state index >= 15 is 0 Å². The van der Waals surface area contributed by atoms with E-state index in [1.807, 2.05) is 48.2 Å². The lowest BCUT2D eigenvalue weighted by atomic mass is 9.77. The number of benzene rings is 1. The van der Waals surface area contributed by atoms with Crippen molar-refractivity contribution in [1.82, 2.24) is 14.7 Å². The van der Waals surface area contributed by atoms with E-state index in [1.54, 1.807) is 0 Å². The average Bonchev–Trinajstić information content (AvgIpc) is 3.39. The Morgan fingerprint density at radius 2 is 1.77 bits per heavy atom. The number of fused-ring (bicyclic) bond motifs is 1. The molecule has 6 nitrogen and oxygen atoms in total. The molecule has 0 radical (unpaired) electrons. The molecule has 1 aromatic carbocycles. The van der Waals surface area contributed by atoms with Gasteiger partial charge in [0.15, 0.2) is 0 Å². The first-order valence-corrected chi connectivity index (χ1v) is 11.5. The largest absolute Gasteiger partial charge is 0.461 e. The van der Waals surface area contributed by atoms with Gasteiger partial charge in [0.2, 0.25) is 0 Å². The van der Waals surface area contributed by atoms with Crippen LogP contribution in [0.1, 0.15) is 29.0 Å². The Bertz CT molecular complexity index is 934. The molecule has 1 amide bonds. The van der Waals surface area contributed by atoms with Crippen molar-refractivity contribution in [3.63, 3.8) is 0 Å². The summed E-state index contributed by atoms with van der Waals surface area (Å²) in [5.74, 6) is 2.63. The van der Waals surface area contributed by atoms with Gasteiger partial charge < -0.3 is 19.3 Å². The molecule has 2 aliphatic heterocycles. The van der Waals surface area contributed by atoms with Gasteiger partial charge in [-0.25, -0.2) is 0 Å². The monoisotopic (exact) mass is 423 g/mol. The average molecular weight is 424 g/mol. The number of rotatable bonds is 3. The molecule has 0 spiro atoms. The zero-order chi connectivity index (χ0) is 21.5. The zero-order valence-electron chi connectivity index (χ0n) is 18.5. The summed E-state index contributed by atoms with van der Waals surface area (Å²) in [5.41, 5.74) is 1.64. The van der Waals surface area contributed by atoms with Crippen LogP contribution >= 0.6 is 0 Å². The molecule has 5 rings (SSSR count). The van der Waals surface area contributed by atoms with E-state index in [0.29, 0.717) is 17.4 Å². The number of carbonyl (C=O) groups excluding carboxylic acids is 1. The fourth-order valence-electron chi connectivity index (χ4n) is 5.70. The molecular formula is C25H33N3O3. The van der Waals surface area contributed by atoms with Crippen LogP contribution in [0.15, 0.2) is 40.8 Å². The summed E-state index contributed by atoms with van der Waals surface area (Å²) in [4.78, 5) is 20.1. The molecule has 6 heteroatoms. The van der Waals surface area contributed by atoms with Gasteiger partial charge in [-0.3, -0.25) is 9.69 Å². The van der Waals surface area contributed by atoms with E-state index < -0.39 is 0 Å². The first kappa shape index (κ1) is 20.7. The van der Waals surface area contributed by atoms with Gasteiger partial charge in [0, 0.05) is 56.4 Å². The van der Waals surface area contributed by atoms with Gasteiger partial charge in [-0.1, -0.05) is 12.1 Å². The van der Waals surface area contributed by atoms with E-state index in [1.165, 1.54) is 0 Å². The number of likely N-dealkylation sites (tertiary alicyclic amines) is 1. The predicted molar refractivity (Wildman–Crippen MR) is 120 cm³/mol. The number of likely N-dealkylation sites (N-methyl/N-ethyl adjacent to an activating group) is 1. The van der Waals surface area contributed by atoms with Crippen molar-refractivity contribution in [2.75, 3.05) is 46.3 Å². The molecule has 0 bridgehead atoms. The van der Waals surface area contributed by atoms with Crippen LogP contribution in [-0.4, -0.2) is 84.2 Å². The molecule has 2 saturated heterocycles. The number of amides is 1. The molecular weight excluding hydrogens is 390 g/mol. The van der Waals surface area contributed by atoms with Crippen molar-refractivity contribution >= 4 is 5.91 Å². The molecule has 1 saturated carbocycles. The van der Waals surface area contributed by atoms with Gasteiger partial charge in [-0.2, -0.15) is 0 Å². The third-order valence-corrected chi connectivity index (χ3v) is 7.54. The van der Waals surface area contributed by atoms with Gasteiger partial charge in [0.1, 0.15) is 11.5 Å².